The van der Waals surface area contributed by atoms with Crippen molar-refractivity contribution in [2.75, 3.05) is 0 Å². The molecule has 0 radical (unpaired) electrons. The van der Waals surface area contributed by atoms with Crippen molar-refractivity contribution >= 4 is 11.9 Å². The topological polar surface area (TPSA) is 105 Å². The van der Waals surface area contributed by atoms with E-state index >= 15 is 0 Å². The molecule has 0 aliphatic rings. The second kappa shape index (κ2) is 8.38. The molecule has 4 aromatic rings. The summed E-state index contributed by atoms with van der Waals surface area (Å²) in [6.45, 7) is 9.69. The lowest BCUT2D eigenvalue weighted by molar-refractivity contribution is 0.430. The third kappa shape index (κ3) is 4.03. The highest BCUT2D eigenvalue weighted by molar-refractivity contribution is 5.84. The van der Waals surface area contributed by atoms with E-state index in [2.05, 4.69) is 28.1 Å². The summed E-state index contributed by atoms with van der Waals surface area (Å²) in [5.74, 6) is -0.477. The number of H-pyrrole nitrogens is 1. The fourth-order valence-electron chi connectivity index (χ4n) is 3.72. The van der Waals surface area contributed by atoms with Crippen molar-refractivity contribution in [3.63, 3.8) is 0 Å². The monoisotopic (exact) mass is 443 g/mol. The Morgan fingerprint density at radius 3 is 2.42 bits per heavy atom. The van der Waals surface area contributed by atoms with Crippen LogP contribution < -0.4 is 11.2 Å². The molecule has 0 saturated carbocycles. The van der Waals surface area contributed by atoms with Crippen LogP contribution in [0.25, 0.3) is 11.4 Å². The van der Waals surface area contributed by atoms with E-state index in [0.29, 0.717) is 17.1 Å². The van der Waals surface area contributed by atoms with Crippen LogP contribution in [-0.4, -0.2) is 30.7 Å². The molecule has 0 spiro atoms. The minimum absolute atomic E-state index is 0.117. The van der Waals surface area contributed by atoms with Crippen molar-refractivity contribution in [1.82, 2.24) is 19.3 Å². The third-order valence-corrected chi connectivity index (χ3v) is 5.69. The fraction of sp³-hybridized carbons (Fsp3) is 0.200. The van der Waals surface area contributed by atoms with E-state index in [1.54, 1.807) is 22.9 Å². The van der Waals surface area contributed by atoms with Gasteiger partial charge in [0, 0.05) is 6.21 Å². The van der Waals surface area contributed by atoms with Gasteiger partial charge in [-0.1, -0.05) is 18.2 Å². The Labute approximate surface area is 190 Å². The average Bonchev–Trinajstić information content (AvgIpc) is 3.03. The lowest BCUT2D eigenvalue weighted by Crippen LogP contribution is -2.31. The highest BCUT2D eigenvalue weighted by Crippen LogP contribution is 2.27. The van der Waals surface area contributed by atoms with Crippen LogP contribution in [0.4, 0.5) is 5.69 Å². The molecule has 0 unspecified atom stereocenters. The van der Waals surface area contributed by atoms with Crippen LogP contribution in [0.15, 0.2) is 57.0 Å². The number of rotatable bonds is 4. The van der Waals surface area contributed by atoms with E-state index in [0.717, 1.165) is 27.1 Å². The van der Waals surface area contributed by atoms with Gasteiger partial charge in [0.05, 0.1) is 22.8 Å². The molecule has 0 saturated heterocycles. The molecule has 0 fully saturated rings. The van der Waals surface area contributed by atoms with Crippen LogP contribution in [0.5, 0.6) is 5.88 Å². The van der Waals surface area contributed by atoms with Crippen LogP contribution in [0.1, 0.15) is 33.6 Å². The van der Waals surface area contributed by atoms with Crippen LogP contribution >= 0.6 is 0 Å². The van der Waals surface area contributed by atoms with Gasteiger partial charge >= 0.3 is 5.69 Å². The molecule has 8 nitrogen and oxygen atoms in total. The first-order valence-electron chi connectivity index (χ1n) is 10.5. The van der Waals surface area contributed by atoms with Gasteiger partial charge in [-0.05, 0) is 75.6 Å². The molecule has 2 N–H and O–H groups in total. The number of benzene rings is 2. The SMILES string of the molecule is Cc1cccc(-n2c(O)c(C=Nc3c(C)nn(-c4ccc(C)c(C)c4)c3C)c(=O)[nH]c2=O)c1. The van der Waals surface area contributed by atoms with Crippen molar-refractivity contribution in [2.24, 2.45) is 4.99 Å². The molecule has 0 bridgehead atoms. The molecule has 2 heterocycles. The Morgan fingerprint density at radius 2 is 1.73 bits per heavy atom. The summed E-state index contributed by atoms with van der Waals surface area (Å²) >= 11 is 0. The van der Waals surface area contributed by atoms with Crippen molar-refractivity contribution in [1.29, 1.82) is 0 Å². The van der Waals surface area contributed by atoms with Gasteiger partial charge in [0.1, 0.15) is 11.3 Å². The van der Waals surface area contributed by atoms with Gasteiger partial charge in [0.25, 0.3) is 5.56 Å². The van der Waals surface area contributed by atoms with E-state index in [1.807, 2.05) is 45.9 Å². The summed E-state index contributed by atoms with van der Waals surface area (Å²) < 4.78 is 2.85. The van der Waals surface area contributed by atoms with Crippen molar-refractivity contribution in [2.45, 2.75) is 34.6 Å². The van der Waals surface area contributed by atoms with Gasteiger partial charge in [0.15, 0.2) is 0 Å². The van der Waals surface area contributed by atoms with E-state index < -0.39 is 17.1 Å². The zero-order valence-electron chi connectivity index (χ0n) is 19.2. The molecule has 168 valence electrons. The Morgan fingerprint density at radius 1 is 0.970 bits per heavy atom. The first kappa shape index (κ1) is 22.0. The predicted octanol–water partition coefficient (Wildman–Crippen LogP) is 3.71. The summed E-state index contributed by atoms with van der Waals surface area (Å²) in [5, 5.41) is 15.4. The second-order valence-corrected chi connectivity index (χ2v) is 8.13. The number of aromatic nitrogens is 4. The molecule has 2 aromatic carbocycles. The maximum Gasteiger partial charge on any atom is 0.335 e. The molecule has 0 aliphatic heterocycles. The molecular weight excluding hydrogens is 418 g/mol. The van der Waals surface area contributed by atoms with Gasteiger partial charge < -0.3 is 5.11 Å². The fourth-order valence-corrected chi connectivity index (χ4v) is 3.72. The maximum atomic E-state index is 12.5. The number of nitrogens with zero attached hydrogens (tertiary/aromatic N) is 4. The highest BCUT2D eigenvalue weighted by atomic mass is 16.3. The molecule has 8 heteroatoms. The van der Waals surface area contributed by atoms with Crippen LogP contribution in [0.3, 0.4) is 0 Å². The van der Waals surface area contributed by atoms with Gasteiger partial charge in [-0.25, -0.2) is 14.0 Å². The van der Waals surface area contributed by atoms with Crippen molar-refractivity contribution in [3.8, 4) is 17.3 Å². The van der Waals surface area contributed by atoms with E-state index in [9.17, 15) is 14.7 Å². The van der Waals surface area contributed by atoms with E-state index in [4.69, 9.17) is 0 Å². The molecule has 33 heavy (non-hydrogen) atoms. The van der Waals surface area contributed by atoms with Crippen LogP contribution in [-0.2, 0) is 0 Å². The first-order valence-corrected chi connectivity index (χ1v) is 10.5. The minimum Gasteiger partial charge on any atom is -0.493 e. The number of aliphatic imine (C=N–C) groups is 1. The summed E-state index contributed by atoms with van der Waals surface area (Å²) in [5.41, 5.74) is 5.08. The van der Waals surface area contributed by atoms with Crippen molar-refractivity contribution < 1.29 is 5.11 Å². The summed E-state index contributed by atoms with van der Waals surface area (Å²) in [4.78, 5) is 31.6. The largest absolute Gasteiger partial charge is 0.493 e. The lowest BCUT2D eigenvalue weighted by Gasteiger charge is -2.10. The quantitative estimate of drug-likeness (QED) is 0.469. The Balaban J connectivity index is 1.80. The van der Waals surface area contributed by atoms with E-state index in [-0.39, 0.29) is 5.56 Å². The number of hydrogen-bond donors (Lipinski definition) is 2. The molecular formula is C25H25N5O3. The molecule has 4 rings (SSSR count). The summed E-state index contributed by atoms with van der Waals surface area (Å²) in [6.07, 6.45) is 1.27. The molecule has 0 aliphatic carbocycles. The molecule has 0 atom stereocenters. The smallest absolute Gasteiger partial charge is 0.335 e. The molecule has 0 amide bonds. The lowest BCUT2D eigenvalue weighted by atomic mass is 10.1. The Kier molecular flexibility index (Phi) is 5.59. The van der Waals surface area contributed by atoms with E-state index in [1.165, 1.54) is 11.8 Å². The molecule has 2 aromatic heterocycles. The van der Waals surface area contributed by atoms with Gasteiger partial charge in [-0.2, -0.15) is 5.10 Å². The zero-order valence-corrected chi connectivity index (χ0v) is 19.2. The normalized spacial score (nSPS) is 11.4. The minimum atomic E-state index is -0.727. The second-order valence-electron chi connectivity index (χ2n) is 8.13. The number of aromatic hydroxyl groups is 1. The maximum absolute atomic E-state index is 12.5. The Bertz CT molecular complexity index is 1520. The van der Waals surface area contributed by atoms with Crippen molar-refractivity contribution in [3.05, 3.63) is 96.9 Å². The van der Waals surface area contributed by atoms with Crippen LogP contribution in [0, 0.1) is 34.6 Å². The predicted molar refractivity (Wildman–Crippen MR) is 129 cm³/mol. The van der Waals surface area contributed by atoms with Crippen LogP contribution in [0.2, 0.25) is 0 Å². The zero-order chi connectivity index (χ0) is 23.9. The summed E-state index contributed by atoms with van der Waals surface area (Å²) in [7, 11) is 0. The Hall–Kier alpha value is -4.20. The standard InChI is InChI=1S/C25H25N5O3/c1-14-7-6-8-19(11-14)29-24(32)21(23(31)27-25(29)33)13-26-22-17(4)28-30(18(22)5)20-10-9-15(2)16(3)12-20/h6-13,32H,1-5H3,(H,27,31,33). The van der Waals surface area contributed by atoms with Gasteiger partial charge in [0.2, 0.25) is 5.88 Å². The van der Waals surface area contributed by atoms with Gasteiger partial charge in [-0.15, -0.1) is 0 Å². The third-order valence-electron chi connectivity index (χ3n) is 5.69. The number of hydrogen-bond acceptors (Lipinski definition) is 5. The summed E-state index contributed by atoms with van der Waals surface area (Å²) in [6, 6.07) is 13.1. The number of aromatic amines is 1. The highest BCUT2D eigenvalue weighted by Gasteiger charge is 2.16. The number of nitrogens with one attached hydrogen (secondary N) is 1. The average molecular weight is 444 g/mol. The first-order chi connectivity index (χ1) is 15.7. The number of aryl methyl sites for hydroxylation is 4. The van der Waals surface area contributed by atoms with Gasteiger partial charge in [-0.3, -0.25) is 14.8 Å².